The third-order valence-electron chi connectivity index (χ3n) is 5.49. The third kappa shape index (κ3) is 7.06. The lowest BCUT2D eigenvalue weighted by atomic mass is 10.1. The van der Waals surface area contributed by atoms with Crippen molar-refractivity contribution < 1.29 is 57.0 Å². The molecule has 0 bridgehead atoms. The SMILES string of the molecule is O=S(=O)(O)c1ccc(/N=N/c2ccc(/N=N/c3c(S(=O)(=O)O)cc4cccc(S(=O)(=O)O)c4c3O)c(S(=O)(=O)O)c2)cc1. The Bertz CT molecular complexity index is 2290. The van der Waals surface area contributed by atoms with Crippen LogP contribution < -0.4 is 0 Å². The van der Waals surface area contributed by atoms with E-state index < -0.39 is 82.6 Å². The molecule has 0 unspecified atom stereocenters. The summed E-state index contributed by atoms with van der Waals surface area (Å²) in [5, 5.41) is 24.5. The molecule has 0 fully saturated rings. The number of rotatable bonds is 8. The van der Waals surface area contributed by atoms with Crippen molar-refractivity contribution in [2.45, 2.75) is 19.6 Å². The molecule has 0 aliphatic heterocycles. The standard InChI is InChI=1S/C22H16N4O13S4/c27-22-20-12(2-1-3-17(20)41(31,32)33)10-19(43(37,38)39)21(22)26-25-16-9-6-14(11-18(16)42(34,35)36)24-23-13-4-7-15(8-5-13)40(28,29)30/h1-11,27H,(H,28,29,30)(H,31,32,33)(H,34,35,36)(H,37,38,39)/b24-23+,26-25+. The van der Waals surface area contributed by atoms with Crippen molar-refractivity contribution in [2.75, 3.05) is 0 Å². The minimum atomic E-state index is -5.16. The molecule has 0 amide bonds. The first-order valence-corrected chi connectivity index (χ1v) is 16.8. The second-order valence-electron chi connectivity index (χ2n) is 8.37. The fourth-order valence-corrected chi connectivity index (χ4v) is 6.14. The lowest BCUT2D eigenvalue weighted by Crippen LogP contribution is -2.02. The van der Waals surface area contributed by atoms with Gasteiger partial charge in [-0.25, -0.2) is 0 Å². The van der Waals surface area contributed by atoms with Crippen LogP contribution in [-0.2, 0) is 40.5 Å². The van der Waals surface area contributed by atoms with Gasteiger partial charge in [0, 0.05) is 5.39 Å². The Kier molecular flexibility index (Phi) is 8.20. The second kappa shape index (κ2) is 11.1. The van der Waals surface area contributed by atoms with E-state index in [0.29, 0.717) is 0 Å². The van der Waals surface area contributed by atoms with E-state index in [-0.39, 0.29) is 16.8 Å². The summed E-state index contributed by atoms with van der Waals surface area (Å²) in [6.07, 6.45) is 0. The second-order valence-corrected chi connectivity index (χ2v) is 14.0. The summed E-state index contributed by atoms with van der Waals surface area (Å²) in [6.45, 7) is 0. The molecular formula is C22H16N4O13S4. The molecule has 5 N–H and O–H groups in total. The number of aromatic hydroxyl groups is 1. The van der Waals surface area contributed by atoms with Crippen molar-refractivity contribution in [2.24, 2.45) is 20.5 Å². The summed E-state index contributed by atoms with van der Waals surface area (Å²) < 4.78 is 132. The third-order valence-corrected chi connectivity index (χ3v) is 9.00. The quantitative estimate of drug-likeness (QED) is 0.129. The molecule has 4 aromatic carbocycles. The zero-order chi connectivity index (χ0) is 32.0. The van der Waals surface area contributed by atoms with E-state index in [1.54, 1.807) is 0 Å². The highest BCUT2D eigenvalue weighted by atomic mass is 32.2. The lowest BCUT2D eigenvalue weighted by Gasteiger charge is -2.11. The van der Waals surface area contributed by atoms with E-state index >= 15 is 0 Å². The van der Waals surface area contributed by atoms with E-state index in [1.807, 2.05) is 0 Å². The van der Waals surface area contributed by atoms with E-state index in [1.165, 1.54) is 12.1 Å². The molecule has 0 aliphatic rings. The van der Waals surface area contributed by atoms with Crippen LogP contribution in [0.3, 0.4) is 0 Å². The summed E-state index contributed by atoms with van der Waals surface area (Å²) in [5.41, 5.74) is -1.78. The fourth-order valence-electron chi connectivity index (χ4n) is 3.63. The molecule has 0 aromatic heterocycles. The minimum absolute atomic E-state index is 0.0818. The van der Waals surface area contributed by atoms with Crippen LogP contribution in [0.1, 0.15) is 0 Å². The van der Waals surface area contributed by atoms with Gasteiger partial charge in [0.25, 0.3) is 40.5 Å². The van der Waals surface area contributed by atoms with Crippen molar-refractivity contribution in [3.05, 3.63) is 66.7 Å². The minimum Gasteiger partial charge on any atom is -0.505 e. The Morgan fingerprint density at radius 2 is 1.07 bits per heavy atom. The highest BCUT2D eigenvalue weighted by Crippen LogP contribution is 2.44. The Morgan fingerprint density at radius 1 is 0.512 bits per heavy atom. The van der Waals surface area contributed by atoms with E-state index in [4.69, 9.17) is 4.55 Å². The van der Waals surface area contributed by atoms with Crippen molar-refractivity contribution in [3.8, 4) is 5.75 Å². The molecule has 17 nitrogen and oxygen atoms in total. The van der Waals surface area contributed by atoms with Gasteiger partial charge < -0.3 is 5.11 Å². The van der Waals surface area contributed by atoms with Crippen LogP contribution in [0.5, 0.6) is 5.75 Å². The lowest BCUT2D eigenvalue weighted by molar-refractivity contribution is 0.469. The van der Waals surface area contributed by atoms with E-state index in [0.717, 1.165) is 54.6 Å². The smallest absolute Gasteiger partial charge is 0.296 e. The Balaban J connectivity index is 1.83. The van der Waals surface area contributed by atoms with Gasteiger partial charge in [-0.1, -0.05) is 12.1 Å². The van der Waals surface area contributed by atoms with Gasteiger partial charge in [-0.05, 0) is 60.0 Å². The largest absolute Gasteiger partial charge is 0.505 e. The monoisotopic (exact) mass is 672 g/mol. The van der Waals surface area contributed by atoms with Gasteiger partial charge in [0.1, 0.15) is 26.1 Å². The Morgan fingerprint density at radius 3 is 1.63 bits per heavy atom. The molecular weight excluding hydrogens is 657 g/mol. The summed E-state index contributed by atoms with van der Waals surface area (Å²) >= 11 is 0. The number of hydrogen-bond donors (Lipinski definition) is 5. The first-order chi connectivity index (χ1) is 19.8. The molecule has 0 heterocycles. The predicted octanol–water partition coefficient (Wildman–Crippen LogP) is 4.36. The molecule has 4 rings (SSSR count). The molecule has 43 heavy (non-hydrogen) atoms. The van der Waals surface area contributed by atoms with Crippen molar-refractivity contribution in [1.82, 2.24) is 0 Å². The van der Waals surface area contributed by atoms with Crippen LogP contribution in [0.4, 0.5) is 22.7 Å². The molecule has 4 aromatic rings. The molecule has 0 radical (unpaired) electrons. The van der Waals surface area contributed by atoms with Gasteiger partial charge >= 0.3 is 0 Å². The predicted molar refractivity (Wildman–Crippen MR) is 146 cm³/mol. The molecule has 0 saturated carbocycles. The average Bonchev–Trinajstić information content (AvgIpc) is 2.89. The number of hydrogen-bond acceptors (Lipinski definition) is 13. The van der Waals surface area contributed by atoms with Crippen molar-refractivity contribution >= 4 is 74.0 Å². The summed E-state index contributed by atoms with van der Waals surface area (Å²) in [5.74, 6) is -1.17. The zero-order valence-electron chi connectivity index (χ0n) is 20.8. The first-order valence-electron chi connectivity index (χ1n) is 11.0. The molecule has 0 saturated heterocycles. The van der Waals surface area contributed by atoms with Gasteiger partial charge in [-0.15, -0.1) is 10.2 Å². The van der Waals surface area contributed by atoms with Gasteiger partial charge in [-0.2, -0.15) is 43.9 Å². The number of nitrogens with zero attached hydrogens (tertiary/aromatic N) is 4. The van der Waals surface area contributed by atoms with Crippen molar-refractivity contribution in [3.63, 3.8) is 0 Å². The first kappa shape index (κ1) is 31.7. The number of azo groups is 2. The topological polar surface area (TPSA) is 287 Å². The maximum absolute atomic E-state index is 12.1. The maximum Gasteiger partial charge on any atom is 0.296 e. The van der Waals surface area contributed by atoms with Crippen LogP contribution in [0, 0.1) is 0 Å². The summed E-state index contributed by atoms with van der Waals surface area (Å²) in [6, 6.07) is 11.1. The van der Waals surface area contributed by atoms with Crippen LogP contribution in [0.25, 0.3) is 10.8 Å². The van der Waals surface area contributed by atoms with Crippen LogP contribution in [-0.4, -0.2) is 57.0 Å². The molecule has 0 spiro atoms. The van der Waals surface area contributed by atoms with Gasteiger partial charge in [-0.3, -0.25) is 18.2 Å². The van der Waals surface area contributed by atoms with Crippen molar-refractivity contribution in [1.29, 1.82) is 0 Å². The Labute approximate surface area is 242 Å². The summed E-state index contributed by atoms with van der Waals surface area (Å²) in [4.78, 5) is -3.25. The van der Waals surface area contributed by atoms with E-state index in [2.05, 4.69) is 20.5 Å². The highest BCUT2D eigenvalue weighted by Gasteiger charge is 2.26. The molecule has 0 aliphatic carbocycles. The number of phenols is 1. The van der Waals surface area contributed by atoms with Crippen LogP contribution in [0.15, 0.2) is 107 Å². The molecule has 0 atom stereocenters. The van der Waals surface area contributed by atoms with Gasteiger partial charge in [0.2, 0.25) is 0 Å². The fraction of sp³-hybridized carbons (Fsp3) is 0. The van der Waals surface area contributed by atoms with Gasteiger partial charge in [0.05, 0.1) is 16.3 Å². The van der Waals surface area contributed by atoms with E-state index in [9.17, 15) is 52.4 Å². The zero-order valence-corrected chi connectivity index (χ0v) is 24.0. The van der Waals surface area contributed by atoms with Crippen LogP contribution >= 0.6 is 0 Å². The molecule has 226 valence electrons. The molecule has 21 heteroatoms. The average molecular weight is 673 g/mol. The van der Waals surface area contributed by atoms with Crippen LogP contribution in [0.2, 0.25) is 0 Å². The highest BCUT2D eigenvalue weighted by molar-refractivity contribution is 7.86. The Hall–Kier alpha value is -4.22. The number of benzene rings is 4. The number of phenolic OH excluding ortho intramolecular Hbond substituents is 1. The number of fused-ring (bicyclic) bond motifs is 1. The summed E-state index contributed by atoms with van der Waals surface area (Å²) in [7, 11) is -19.6. The normalized spacial score (nSPS) is 13.3. The van der Waals surface area contributed by atoms with Gasteiger partial charge in [0.15, 0.2) is 5.75 Å². The maximum atomic E-state index is 12.1.